The van der Waals surface area contributed by atoms with Crippen molar-refractivity contribution < 1.29 is 180 Å². The zero-order chi connectivity index (χ0) is 103. The van der Waals surface area contributed by atoms with E-state index in [1.54, 1.807) is 0 Å². The van der Waals surface area contributed by atoms with Crippen molar-refractivity contribution in [2.75, 3.05) is 93.5 Å². The lowest BCUT2D eigenvalue weighted by Gasteiger charge is -2.48. The number of aliphatic carboxylic acids is 2. The van der Waals surface area contributed by atoms with Gasteiger partial charge in [0.1, 0.15) is 146 Å². The van der Waals surface area contributed by atoms with Crippen LogP contribution in [0.1, 0.15) is 149 Å². The number of aromatic nitrogens is 10. The van der Waals surface area contributed by atoms with E-state index in [2.05, 4.69) is 51.9 Å². The topological polar surface area (TPSA) is 777 Å². The summed E-state index contributed by atoms with van der Waals surface area (Å²) in [4.78, 5) is 168. The van der Waals surface area contributed by atoms with Gasteiger partial charge in [0.25, 0.3) is 22.9 Å². The first-order valence-corrected chi connectivity index (χ1v) is 47.9. The third kappa shape index (κ3) is 31.3. The fraction of sp³-hybridized carbons (Fsp3) is 0.773. The monoisotopic (exact) mass is 2040 g/mol. The number of esters is 2. The maximum atomic E-state index is 14.5. The van der Waals surface area contributed by atoms with E-state index in [0.717, 1.165) is 74.2 Å². The lowest BCUT2D eigenvalue weighted by Crippen LogP contribution is -2.68. The van der Waals surface area contributed by atoms with E-state index in [1.807, 2.05) is 9.97 Å². The van der Waals surface area contributed by atoms with Crippen molar-refractivity contribution in [2.24, 2.45) is 23.7 Å². The Morgan fingerprint density at radius 1 is 0.448 bits per heavy atom. The van der Waals surface area contributed by atoms with Crippen LogP contribution in [-0.2, 0) is 136 Å². The number of H-pyrrole nitrogens is 4. The average molecular weight is 2040 g/mol. The number of carbonyl (C=O) groups excluding carboxylic acids is 6. The normalized spacial score (nSPS) is 31.9. The number of carboxylic acid groups (broad SMARTS) is 2. The van der Waals surface area contributed by atoms with E-state index in [1.165, 1.54) is 26.2 Å². The van der Waals surface area contributed by atoms with Gasteiger partial charge in [-0.15, -0.1) is 10.2 Å². The summed E-state index contributed by atoms with van der Waals surface area (Å²) >= 11 is 0. The van der Waals surface area contributed by atoms with E-state index in [0.29, 0.717) is 25.7 Å². The third-order valence-corrected chi connectivity index (χ3v) is 26.6. The van der Waals surface area contributed by atoms with E-state index in [-0.39, 0.29) is 128 Å². The van der Waals surface area contributed by atoms with Crippen molar-refractivity contribution in [2.45, 2.75) is 314 Å². The van der Waals surface area contributed by atoms with Crippen molar-refractivity contribution in [1.82, 2.24) is 71.2 Å². The number of aromatic amines is 4. The number of hydrogen-bond donors (Lipinski definition) is 20. The van der Waals surface area contributed by atoms with Gasteiger partial charge < -0.3 is 173 Å². The molecule has 0 radical (unpaired) electrons. The molecule has 4 saturated heterocycles. The molecule has 12 unspecified atom stereocenters. The van der Waals surface area contributed by atoms with Gasteiger partial charge in [0, 0.05) is 12.1 Å². The van der Waals surface area contributed by atoms with Crippen LogP contribution in [0, 0.1) is 23.7 Å². The summed E-state index contributed by atoms with van der Waals surface area (Å²) in [5, 5.41) is 159. The van der Waals surface area contributed by atoms with Crippen LogP contribution in [0.2, 0.25) is 0 Å². The summed E-state index contributed by atoms with van der Waals surface area (Å²) in [6, 6.07) is -4.49. The van der Waals surface area contributed by atoms with Crippen LogP contribution in [-0.4, -0.2) is 423 Å². The Balaban J connectivity index is 0.617. The van der Waals surface area contributed by atoms with Crippen LogP contribution < -0.4 is 43.8 Å². The first kappa shape index (κ1) is 112. The number of methoxy groups -OCH3 is 2. The van der Waals surface area contributed by atoms with Crippen molar-refractivity contribution in [3.8, 4) is 0 Å². The number of rotatable bonds is 50. The molecule has 4 amide bonds. The maximum absolute atomic E-state index is 14.5. The first-order chi connectivity index (χ1) is 68.6. The molecular weight excluding hydrogens is 1910 g/mol. The van der Waals surface area contributed by atoms with Gasteiger partial charge in [0.05, 0.1) is 167 Å². The molecule has 800 valence electrons. The summed E-state index contributed by atoms with van der Waals surface area (Å²) < 4.78 is 104. The Hall–Kier alpha value is -9.60. The molecule has 0 bridgehead atoms. The molecule has 4 aliphatic heterocycles. The number of nitrogens with zero attached hydrogens (tertiary/aromatic N) is 6. The molecular formula is C88H132N14O41. The second-order valence-electron chi connectivity index (χ2n) is 36.9. The van der Waals surface area contributed by atoms with E-state index >= 15 is 0 Å². The molecule has 55 nitrogen and oxygen atoms in total. The quantitative estimate of drug-likeness (QED) is 0.0144. The highest BCUT2D eigenvalue weighted by Crippen LogP contribution is 2.40. The van der Waals surface area contributed by atoms with Gasteiger partial charge in [-0.2, -0.15) is 0 Å². The zero-order valence-electron chi connectivity index (χ0n) is 79.3. The zero-order valence-corrected chi connectivity index (χ0v) is 79.3. The second-order valence-corrected chi connectivity index (χ2v) is 36.9. The minimum absolute atomic E-state index is 0.00823. The molecule has 143 heavy (non-hydrogen) atoms. The largest absolute Gasteiger partial charge is 0.479 e. The molecule has 4 aliphatic carbocycles. The van der Waals surface area contributed by atoms with Crippen molar-refractivity contribution in [3.05, 3.63) is 89.0 Å². The molecule has 0 spiro atoms. The Morgan fingerprint density at radius 2 is 0.811 bits per heavy atom. The molecule has 4 aromatic rings. The highest BCUT2D eigenvalue weighted by atomic mass is 16.7. The minimum Gasteiger partial charge on any atom is -0.479 e. The van der Waals surface area contributed by atoms with Crippen molar-refractivity contribution in [1.29, 1.82) is 0 Å². The fourth-order valence-electron chi connectivity index (χ4n) is 19.2. The highest BCUT2D eigenvalue weighted by Gasteiger charge is 2.57. The van der Waals surface area contributed by atoms with Crippen LogP contribution in [0.5, 0.6) is 0 Å². The lowest BCUT2D eigenvalue weighted by molar-refractivity contribution is -0.306. The SMILES string of the molecule is COC(=O)C1CC(NC(=O)c2cc(=O)[nH]c(=O)[nH]2)[C@@H](OC[C@@H]2OC(C)[C@@H](O)C(O)[C@@H]2O)[C@H](O[C@@H]2O[C@@H](CO)[C@H](O)C(O[C@@H](CC3CCCCC3)C(=O)O)C2NC(=O)Cn2cc(COCCOCCOCCOCCOCc3cn(CC(=O)NC4C(O[C@@H](CC5CCCCC5)C(=O)O)[C@@H](O)[C@H](CO)O[C@H]4O[C@@H]4CC(C(=O)OC)CC(NC(=O)c5cc(=O)[nH]c(=O)[nH]5)[C@H]4OC[C@@H]4OC(C)[C@@H](O)C(O)[C@@H]4O)nn3)nn2)C1. The predicted molar refractivity (Wildman–Crippen MR) is 475 cm³/mol. The minimum atomic E-state index is -1.86. The van der Waals surface area contributed by atoms with Crippen LogP contribution in [0.15, 0.2) is 43.7 Å². The molecule has 8 heterocycles. The summed E-state index contributed by atoms with van der Waals surface area (Å²) in [6.45, 7) is -0.555. The molecule has 8 aliphatic rings. The summed E-state index contributed by atoms with van der Waals surface area (Å²) in [5.41, 5.74) is -4.47. The van der Waals surface area contributed by atoms with Gasteiger partial charge in [-0.05, 0) is 64.2 Å². The van der Waals surface area contributed by atoms with E-state index in [4.69, 9.17) is 80.5 Å². The van der Waals surface area contributed by atoms with E-state index in [9.17, 15) is 119 Å². The van der Waals surface area contributed by atoms with Gasteiger partial charge in [-0.25, -0.2) is 28.5 Å². The number of aliphatic hydroxyl groups excluding tert-OH is 10. The predicted octanol–water partition coefficient (Wildman–Crippen LogP) is -7.81. The molecule has 30 atom stereocenters. The summed E-state index contributed by atoms with van der Waals surface area (Å²) in [5.74, 6) is -10.8. The Bertz CT molecular complexity index is 4640. The average Bonchev–Trinajstić information content (AvgIpc) is 1.22. The van der Waals surface area contributed by atoms with Crippen molar-refractivity contribution in [3.63, 3.8) is 0 Å². The molecule has 20 N–H and O–H groups in total. The fourth-order valence-corrected chi connectivity index (χ4v) is 19.2. The van der Waals surface area contributed by atoms with Gasteiger partial charge in [0.2, 0.25) is 11.8 Å². The van der Waals surface area contributed by atoms with Crippen LogP contribution in [0.4, 0.5) is 0 Å². The van der Waals surface area contributed by atoms with Crippen LogP contribution in [0.3, 0.4) is 0 Å². The third-order valence-electron chi connectivity index (χ3n) is 26.6. The number of carboxylic acids is 2. The molecule has 4 aromatic heterocycles. The smallest absolute Gasteiger partial charge is 0.332 e. The standard InChI is InChI=1S/C88H132N14O41/c1-41-67(109)73(115)69(111)59(136-41)39-134-75-49(89-79(117)51-29-61(105)95-87(125)91-51)25-45(83(123)127-3)27-53(75)140-85-65(77(71(113)57(35-103)142-85)138-55(81(119)120)23-43-11-7-5-8-12-43)93-63(107)33-101-31-47(97-99-101)37-132-21-19-130-17-15-129-16-18-131-20-22-133-38-48-32-102(100-98-48)34-64(108)94-66-78(139-56(82(121)122)24-44-13-9-6-10-14-44)72(114)58(36-104)143-86(66)141-54-28-46(84(124)128-4)26-50(90-80(118)52-30-62(106)96-88(126)92-52)76(54)135-40-60-70(112)74(116)68(110)42(2)137-60/h29-32,41-46,49-50,53-60,65-78,85-86,103-104,109-116H,5-28,33-40H2,1-4H3,(H,89,117)(H,90,118)(H,93,107)(H,94,108)(H,119,120)(H,121,122)(H2,91,95,105,125)(H2,92,96,106,126)/t41?,42?,45?,46?,49?,50?,53-,54-,55+,56+,57+,58+,59+,60+,65?,66?,67-,68-,69-,70-,71+,72+,73?,74?,75-,76-,77?,78?,85-,86-/m1/s1. The Morgan fingerprint density at radius 3 is 1.15 bits per heavy atom. The Labute approximate surface area is 815 Å². The second kappa shape index (κ2) is 54.2. The van der Waals surface area contributed by atoms with Gasteiger partial charge in [0.15, 0.2) is 24.8 Å². The van der Waals surface area contributed by atoms with Crippen LogP contribution >= 0.6 is 0 Å². The highest BCUT2D eigenvalue weighted by molar-refractivity contribution is 5.93. The lowest BCUT2D eigenvalue weighted by atomic mass is 9.81. The van der Waals surface area contributed by atoms with Crippen molar-refractivity contribution >= 4 is 47.5 Å². The number of carbonyl (C=O) groups is 8. The molecule has 4 saturated carbocycles. The number of ether oxygens (including phenoxy) is 17. The number of amides is 4. The first-order valence-electron chi connectivity index (χ1n) is 47.9. The molecule has 0 aromatic carbocycles. The molecule has 8 fully saturated rings. The number of aliphatic hydroxyl groups is 10. The summed E-state index contributed by atoms with van der Waals surface area (Å²) in [7, 11) is 2.20. The van der Waals surface area contributed by atoms with E-state index < -0.39 is 304 Å². The maximum Gasteiger partial charge on any atom is 0.332 e. The number of nitrogens with one attached hydrogen (secondary N) is 8. The number of hydrogen-bond acceptors (Lipinski definition) is 43. The van der Waals surface area contributed by atoms with Gasteiger partial charge in [-0.3, -0.25) is 48.3 Å². The molecule has 12 rings (SSSR count). The van der Waals surface area contributed by atoms with Gasteiger partial charge in [-0.1, -0.05) is 74.6 Å². The summed E-state index contributed by atoms with van der Waals surface area (Å²) in [6.07, 6.45) is -28.5. The van der Waals surface area contributed by atoms with Gasteiger partial charge >= 0.3 is 35.3 Å². The van der Waals surface area contributed by atoms with Crippen LogP contribution in [0.25, 0.3) is 0 Å². The molecule has 55 heteroatoms. The Kier molecular flexibility index (Phi) is 42.5.